The third-order valence-electron chi connectivity index (χ3n) is 3.82. The molecule has 1 aliphatic heterocycles. The quantitative estimate of drug-likeness (QED) is 0.890. The van der Waals surface area contributed by atoms with E-state index in [1.165, 1.54) is 0 Å². The minimum atomic E-state index is -0.509. The van der Waals surface area contributed by atoms with Gasteiger partial charge in [0.1, 0.15) is 11.4 Å². The van der Waals surface area contributed by atoms with E-state index in [-0.39, 0.29) is 12.3 Å². The monoisotopic (exact) mass is 289 g/mol. The second-order valence-electron chi connectivity index (χ2n) is 5.51. The molecule has 21 heavy (non-hydrogen) atoms. The van der Waals surface area contributed by atoms with Gasteiger partial charge in [0.15, 0.2) is 0 Å². The van der Waals surface area contributed by atoms with E-state index in [0.717, 1.165) is 5.56 Å². The zero-order valence-electron chi connectivity index (χ0n) is 12.2. The largest absolute Gasteiger partial charge is 0.367 e. The number of morpholine rings is 1. The van der Waals surface area contributed by atoms with E-state index in [0.29, 0.717) is 25.5 Å². The molecule has 2 aromatic rings. The second-order valence-corrected chi connectivity index (χ2v) is 5.51. The first-order chi connectivity index (χ1) is 10.1. The first kappa shape index (κ1) is 13.8. The standard InChI is InChI=1S/C14H19N5O2/c1-14(11-8-17-18(2)9-11)10-19(5-6-21-14)13(20)7-12-15-3-4-16-12/h3-4,8-9H,5-7,10H2,1-2H3,(H,15,16). The molecule has 2 aromatic heterocycles. The topological polar surface area (TPSA) is 76.0 Å². The Hall–Kier alpha value is -2.15. The van der Waals surface area contributed by atoms with Crippen LogP contribution in [0.2, 0.25) is 0 Å². The minimum Gasteiger partial charge on any atom is -0.367 e. The Labute approximate surface area is 122 Å². The molecule has 3 heterocycles. The maximum atomic E-state index is 12.4. The van der Waals surface area contributed by atoms with Crippen LogP contribution < -0.4 is 0 Å². The molecule has 1 amide bonds. The van der Waals surface area contributed by atoms with Gasteiger partial charge in [-0.15, -0.1) is 0 Å². The van der Waals surface area contributed by atoms with Crippen LogP contribution in [0.4, 0.5) is 0 Å². The minimum absolute atomic E-state index is 0.0587. The summed E-state index contributed by atoms with van der Waals surface area (Å²) in [7, 11) is 1.87. The number of amides is 1. The number of nitrogens with one attached hydrogen (secondary N) is 1. The van der Waals surface area contributed by atoms with Gasteiger partial charge in [-0.25, -0.2) is 4.98 Å². The average Bonchev–Trinajstić information content (AvgIpc) is 3.10. The summed E-state index contributed by atoms with van der Waals surface area (Å²) in [5, 5.41) is 4.19. The average molecular weight is 289 g/mol. The molecule has 0 spiro atoms. The number of hydrogen-bond acceptors (Lipinski definition) is 4. The third-order valence-corrected chi connectivity index (χ3v) is 3.82. The fourth-order valence-corrected chi connectivity index (χ4v) is 2.60. The molecule has 0 bridgehead atoms. The van der Waals surface area contributed by atoms with Gasteiger partial charge in [0.05, 0.1) is 25.8 Å². The fourth-order valence-electron chi connectivity index (χ4n) is 2.60. The molecule has 3 rings (SSSR count). The lowest BCUT2D eigenvalue weighted by Gasteiger charge is -2.40. The van der Waals surface area contributed by atoms with Crippen molar-refractivity contribution in [1.82, 2.24) is 24.6 Å². The molecular formula is C14H19N5O2. The maximum absolute atomic E-state index is 12.4. The molecular weight excluding hydrogens is 270 g/mol. The summed E-state index contributed by atoms with van der Waals surface area (Å²) in [6.07, 6.45) is 7.39. The van der Waals surface area contributed by atoms with Gasteiger partial charge in [0.2, 0.25) is 5.91 Å². The predicted molar refractivity (Wildman–Crippen MR) is 75.4 cm³/mol. The van der Waals surface area contributed by atoms with Crippen LogP contribution in [0.1, 0.15) is 18.3 Å². The summed E-state index contributed by atoms with van der Waals surface area (Å²) >= 11 is 0. The lowest BCUT2D eigenvalue weighted by molar-refractivity contribution is -0.149. The molecule has 0 saturated carbocycles. The maximum Gasteiger partial charge on any atom is 0.230 e. The van der Waals surface area contributed by atoms with Crippen molar-refractivity contribution in [2.75, 3.05) is 19.7 Å². The number of aromatic amines is 1. The Morgan fingerprint density at radius 2 is 2.43 bits per heavy atom. The zero-order valence-corrected chi connectivity index (χ0v) is 12.2. The lowest BCUT2D eigenvalue weighted by Crippen LogP contribution is -2.50. The fraction of sp³-hybridized carbons (Fsp3) is 0.500. The molecule has 1 unspecified atom stereocenters. The van der Waals surface area contributed by atoms with E-state index in [1.807, 2.05) is 25.1 Å². The summed E-state index contributed by atoms with van der Waals surface area (Å²) in [4.78, 5) is 21.3. The first-order valence-electron chi connectivity index (χ1n) is 6.96. The van der Waals surface area contributed by atoms with Gasteiger partial charge in [-0.05, 0) is 6.92 Å². The number of carbonyl (C=O) groups is 1. The van der Waals surface area contributed by atoms with Crippen LogP contribution in [0.5, 0.6) is 0 Å². The molecule has 0 radical (unpaired) electrons. The van der Waals surface area contributed by atoms with Crippen LogP contribution in [-0.2, 0) is 28.6 Å². The number of ether oxygens (including phenoxy) is 1. The van der Waals surface area contributed by atoms with Crippen LogP contribution in [0.15, 0.2) is 24.8 Å². The molecule has 7 heteroatoms. The second kappa shape index (κ2) is 5.33. The number of hydrogen-bond donors (Lipinski definition) is 1. The van der Waals surface area contributed by atoms with Gasteiger partial charge < -0.3 is 14.6 Å². The first-order valence-corrected chi connectivity index (χ1v) is 6.96. The number of nitrogens with zero attached hydrogens (tertiary/aromatic N) is 4. The Kier molecular flexibility index (Phi) is 3.50. The normalized spacial score (nSPS) is 22.5. The molecule has 1 aliphatic rings. The highest BCUT2D eigenvalue weighted by molar-refractivity contribution is 5.78. The lowest BCUT2D eigenvalue weighted by atomic mass is 9.97. The molecule has 112 valence electrons. The highest BCUT2D eigenvalue weighted by Crippen LogP contribution is 2.29. The van der Waals surface area contributed by atoms with E-state index in [4.69, 9.17) is 4.74 Å². The van der Waals surface area contributed by atoms with Gasteiger partial charge in [-0.3, -0.25) is 9.48 Å². The van der Waals surface area contributed by atoms with Gasteiger partial charge in [-0.2, -0.15) is 5.10 Å². The van der Waals surface area contributed by atoms with Crippen molar-refractivity contribution in [3.05, 3.63) is 36.2 Å². The number of aryl methyl sites for hydroxylation is 1. The highest BCUT2D eigenvalue weighted by atomic mass is 16.5. The molecule has 1 fully saturated rings. The molecule has 1 atom stereocenters. The van der Waals surface area contributed by atoms with Crippen LogP contribution in [0, 0.1) is 0 Å². The van der Waals surface area contributed by atoms with E-state index in [9.17, 15) is 4.79 Å². The third kappa shape index (κ3) is 2.82. The smallest absolute Gasteiger partial charge is 0.230 e. The van der Waals surface area contributed by atoms with Crippen molar-refractivity contribution in [1.29, 1.82) is 0 Å². The van der Waals surface area contributed by atoms with E-state index >= 15 is 0 Å². The molecule has 1 saturated heterocycles. The summed E-state index contributed by atoms with van der Waals surface area (Å²) < 4.78 is 7.65. The van der Waals surface area contributed by atoms with Crippen molar-refractivity contribution in [3.63, 3.8) is 0 Å². The zero-order chi connectivity index (χ0) is 14.9. The summed E-state index contributed by atoms with van der Waals surface area (Å²) in [5.74, 6) is 0.748. The van der Waals surface area contributed by atoms with Gasteiger partial charge in [0, 0.05) is 37.7 Å². The molecule has 0 aromatic carbocycles. The van der Waals surface area contributed by atoms with Crippen molar-refractivity contribution >= 4 is 5.91 Å². The Bertz CT molecular complexity index is 621. The van der Waals surface area contributed by atoms with Gasteiger partial charge in [0.25, 0.3) is 0 Å². The number of imidazole rings is 1. The van der Waals surface area contributed by atoms with Gasteiger partial charge in [-0.1, -0.05) is 0 Å². The van der Waals surface area contributed by atoms with Crippen molar-refractivity contribution in [2.24, 2.45) is 7.05 Å². The Morgan fingerprint density at radius 1 is 1.57 bits per heavy atom. The van der Waals surface area contributed by atoms with Crippen LogP contribution in [-0.4, -0.2) is 50.3 Å². The van der Waals surface area contributed by atoms with Crippen LogP contribution in [0.25, 0.3) is 0 Å². The molecule has 1 N–H and O–H groups in total. The van der Waals surface area contributed by atoms with Crippen LogP contribution in [0.3, 0.4) is 0 Å². The predicted octanol–water partition coefficient (Wildman–Crippen LogP) is 0.460. The summed E-state index contributed by atoms with van der Waals surface area (Å²) in [6.45, 7) is 3.65. The molecule has 0 aliphatic carbocycles. The van der Waals surface area contributed by atoms with Crippen molar-refractivity contribution < 1.29 is 9.53 Å². The number of rotatable bonds is 3. The SMILES string of the molecule is Cn1cc(C2(C)CN(C(=O)Cc3ncc[nH]3)CCO2)cn1. The van der Waals surface area contributed by atoms with Crippen LogP contribution >= 0.6 is 0 Å². The van der Waals surface area contributed by atoms with E-state index in [2.05, 4.69) is 15.1 Å². The number of H-pyrrole nitrogens is 1. The highest BCUT2D eigenvalue weighted by Gasteiger charge is 2.36. The van der Waals surface area contributed by atoms with Gasteiger partial charge >= 0.3 is 0 Å². The van der Waals surface area contributed by atoms with Crippen molar-refractivity contribution in [2.45, 2.75) is 18.9 Å². The van der Waals surface area contributed by atoms with Crippen molar-refractivity contribution in [3.8, 4) is 0 Å². The summed E-state index contributed by atoms with van der Waals surface area (Å²) in [6, 6.07) is 0. The number of carbonyl (C=O) groups excluding carboxylic acids is 1. The number of aromatic nitrogens is 4. The Balaban J connectivity index is 1.72. The van der Waals surface area contributed by atoms with E-state index < -0.39 is 5.60 Å². The molecule has 7 nitrogen and oxygen atoms in total. The Morgan fingerprint density at radius 3 is 3.10 bits per heavy atom. The van der Waals surface area contributed by atoms with E-state index in [1.54, 1.807) is 23.3 Å². The summed E-state index contributed by atoms with van der Waals surface area (Å²) in [5.41, 5.74) is 0.478.